The average Bonchev–Trinajstić information content (AvgIpc) is 2.85. The summed E-state index contributed by atoms with van der Waals surface area (Å²) in [6.45, 7) is 7.58. The monoisotopic (exact) mass is 521 g/mol. The maximum atomic E-state index is 12.7. The molecule has 208 valence electrons. The normalized spacial score (nSPS) is 13.2. The Labute approximate surface area is 220 Å². The van der Waals surface area contributed by atoms with Gasteiger partial charge in [-0.25, -0.2) is 0 Å². The van der Waals surface area contributed by atoms with Gasteiger partial charge in [0.05, 0.1) is 7.11 Å². The van der Waals surface area contributed by atoms with Crippen molar-refractivity contribution in [3.05, 3.63) is 23.8 Å². The number of rotatable bonds is 17. The molecule has 2 atom stereocenters. The van der Waals surface area contributed by atoms with Gasteiger partial charge in [0.25, 0.3) is 0 Å². The summed E-state index contributed by atoms with van der Waals surface area (Å²) in [6, 6.07) is 4.70. The molecule has 2 N–H and O–H groups in total. The van der Waals surface area contributed by atoms with Crippen molar-refractivity contribution in [3.63, 3.8) is 0 Å². The molecule has 0 bridgehead atoms. The largest absolute Gasteiger partial charge is 0.468 e. The van der Waals surface area contributed by atoms with E-state index in [0.717, 1.165) is 19.3 Å². The number of hydrogen-bond acceptors (Lipinski definition) is 9. The second kappa shape index (κ2) is 16.7. The van der Waals surface area contributed by atoms with Crippen LogP contribution in [0.4, 0.5) is 0 Å². The molecule has 0 saturated heterocycles. The van der Waals surface area contributed by atoms with Crippen LogP contribution in [0.2, 0.25) is 0 Å². The molecule has 1 aromatic carbocycles. The van der Waals surface area contributed by atoms with Crippen LogP contribution in [0.5, 0.6) is 11.5 Å². The fourth-order valence-electron chi connectivity index (χ4n) is 3.77. The first-order valence-electron chi connectivity index (χ1n) is 13.2. The Hall–Kier alpha value is -2.94. The van der Waals surface area contributed by atoms with Gasteiger partial charge in [0.2, 0.25) is 0 Å². The van der Waals surface area contributed by atoms with Crippen LogP contribution < -0.4 is 15.2 Å². The van der Waals surface area contributed by atoms with E-state index in [1.165, 1.54) is 19.2 Å². The second-order valence-electron chi connectivity index (χ2n) is 9.37. The fraction of sp³-hybridized carbons (Fsp3) is 0.643. The third-order valence-corrected chi connectivity index (χ3v) is 5.75. The zero-order valence-corrected chi connectivity index (χ0v) is 22.9. The summed E-state index contributed by atoms with van der Waals surface area (Å²) in [5.41, 5.74) is 5.54. The van der Waals surface area contributed by atoms with E-state index in [0.29, 0.717) is 31.2 Å². The van der Waals surface area contributed by atoms with Crippen LogP contribution in [0.3, 0.4) is 0 Å². The lowest BCUT2D eigenvalue weighted by Gasteiger charge is -2.29. The number of carbonyl (C=O) groups excluding carboxylic acids is 4. The Morgan fingerprint density at radius 2 is 1.35 bits per heavy atom. The van der Waals surface area contributed by atoms with E-state index >= 15 is 0 Å². The Kier molecular flexibility index (Phi) is 14.5. The number of unbranched alkanes of at least 4 members (excludes halogenated alkanes) is 3. The summed E-state index contributed by atoms with van der Waals surface area (Å²) >= 11 is 0. The van der Waals surface area contributed by atoms with Crippen molar-refractivity contribution in [2.75, 3.05) is 7.11 Å². The average molecular weight is 522 g/mol. The Balaban J connectivity index is 3.17. The van der Waals surface area contributed by atoms with Gasteiger partial charge in [-0.3, -0.25) is 19.2 Å². The highest BCUT2D eigenvalue weighted by Crippen LogP contribution is 2.32. The molecular formula is C28H43NO8. The number of esters is 4. The molecule has 9 heteroatoms. The molecule has 0 radical (unpaired) electrons. The van der Waals surface area contributed by atoms with E-state index in [1.54, 1.807) is 13.0 Å². The van der Waals surface area contributed by atoms with Gasteiger partial charge in [-0.05, 0) is 43.9 Å². The van der Waals surface area contributed by atoms with E-state index < -0.39 is 29.6 Å². The molecule has 37 heavy (non-hydrogen) atoms. The highest BCUT2D eigenvalue weighted by molar-refractivity contribution is 5.81. The molecule has 0 aliphatic rings. The van der Waals surface area contributed by atoms with E-state index in [2.05, 4.69) is 0 Å². The smallest absolute Gasteiger partial charge is 0.326 e. The number of carbonyl (C=O) groups is 4. The lowest BCUT2D eigenvalue weighted by molar-refractivity contribution is -0.155. The van der Waals surface area contributed by atoms with Gasteiger partial charge in [-0.1, -0.05) is 46.1 Å². The summed E-state index contributed by atoms with van der Waals surface area (Å²) in [5.74, 6) is -1.70. The SMILES string of the molecule is CCCCC(=O)Oc1ccc(CC(N)(C[C@H](C)OC(=O)CCCC)C(=O)OC)cc1OC(=O)CCCC. The van der Waals surface area contributed by atoms with Crippen molar-refractivity contribution in [2.45, 2.75) is 110 Å². The Morgan fingerprint density at radius 1 is 0.838 bits per heavy atom. The molecular weight excluding hydrogens is 478 g/mol. The molecule has 1 unspecified atom stereocenters. The number of ether oxygens (including phenoxy) is 4. The minimum Gasteiger partial charge on any atom is -0.468 e. The second-order valence-corrected chi connectivity index (χ2v) is 9.37. The fourth-order valence-corrected chi connectivity index (χ4v) is 3.77. The van der Waals surface area contributed by atoms with Gasteiger partial charge >= 0.3 is 23.9 Å². The molecule has 0 heterocycles. The van der Waals surface area contributed by atoms with E-state index in [-0.39, 0.29) is 43.2 Å². The molecule has 9 nitrogen and oxygen atoms in total. The van der Waals surface area contributed by atoms with Crippen LogP contribution in [0.15, 0.2) is 18.2 Å². The van der Waals surface area contributed by atoms with Gasteiger partial charge < -0.3 is 24.7 Å². The zero-order chi connectivity index (χ0) is 27.8. The van der Waals surface area contributed by atoms with E-state index in [1.807, 2.05) is 20.8 Å². The van der Waals surface area contributed by atoms with Gasteiger partial charge in [0.1, 0.15) is 11.6 Å². The molecule has 0 amide bonds. The van der Waals surface area contributed by atoms with Crippen LogP contribution in [-0.2, 0) is 35.1 Å². The van der Waals surface area contributed by atoms with Crippen LogP contribution >= 0.6 is 0 Å². The third kappa shape index (κ3) is 11.8. The predicted octanol–water partition coefficient (Wildman–Crippen LogP) is 4.80. The minimum absolute atomic E-state index is 0.0140. The minimum atomic E-state index is -1.51. The predicted molar refractivity (Wildman–Crippen MR) is 139 cm³/mol. The molecule has 0 saturated carbocycles. The van der Waals surface area contributed by atoms with E-state index in [9.17, 15) is 19.2 Å². The van der Waals surface area contributed by atoms with Crippen molar-refractivity contribution >= 4 is 23.9 Å². The van der Waals surface area contributed by atoms with Crippen molar-refractivity contribution in [3.8, 4) is 11.5 Å². The lowest BCUT2D eigenvalue weighted by Crippen LogP contribution is -2.53. The molecule has 0 fully saturated rings. The molecule has 1 rings (SSSR count). The first-order valence-corrected chi connectivity index (χ1v) is 13.2. The first-order chi connectivity index (χ1) is 17.6. The molecule has 0 aromatic heterocycles. The number of nitrogens with two attached hydrogens (primary N) is 1. The van der Waals surface area contributed by atoms with Crippen LogP contribution in [0.25, 0.3) is 0 Å². The maximum Gasteiger partial charge on any atom is 0.326 e. The summed E-state index contributed by atoms with van der Waals surface area (Å²) < 4.78 is 21.4. The van der Waals surface area contributed by atoms with Crippen LogP contribution in [-0.4, -0.2) is 42.6 Å². The van der Waals surface area contributed by atoms with Gasteiger partial charge in [-0.15, -0.1) is 0 Å². The maximum absolute atomic E-state index is 12.7. The number of methoxy groups -OCH3 is 1. The summed E-state index contributed by atoms with van der Waals surface area (Å²) in [7, 11) is 1.24. The topological polar surface area (TPSA) is 131 Å². The van der Waals surface area contributed by atoms with Crippen molar-refractivity contribution < 1.29 is 38.1 Å². The first kappa shape index (κ1) is 32.1. The standard InChI is InChI=1S/C28H43NO8/c1-6-9-12-24(30)35-20(4)18-28(29,27(33)34-5)19-21-15-16-22(36-25(31)13-10-7-2)23(17-21)37-26(32)14-11-8-3/h15-17,20H,6-14,18-19,29H2,1-5H3/t20-,28?/m0/s1. The van der Waals surface area contributed by atoms with Gasteiger partial charge in [-0.2, -0.15) is 0 Å². The van der Waals surface area contributed by atoms with Crippen LogP contribution in [0, 0.1) is 0 Å². The summed E-state index contributed by atoms with van der Waals surface area (Å²) in [5, 5.41) is 0. The van der Waals surface area contributed by atoms with Crippen molar-refractivity contribution in [2.24, 2.45) is 5.73 Å². The van der Waals surface area contributed by atoms with Gasteiger partial charge in [0.15, 0.2) is 11.5 Å². The Bertz CT molecular complexity index is 900. The number of benzene rings is 1. The number of hydrogen-bond donors (Lipinski definition) is 1. The lowest BCUT2D eigenvalue weighted by atomic mass is 9.86. The molecule has 0 spiro atoms. The van der Waals surface area contributed by atoms with Crippen LogP contribution in [0.1, 0.15) is 97.5 Å². The molecule has 0 aliphatic carbocycles. The Morgan fingerprint density at radius 3 is 1.86 bits per heavy atom. The van der Waals surface area contributed by atoms with Gasteiger partial charge in [0, 0.05) is 32.1 Å². The van der Waals surface area contributed by atoms with Crippen molar-refractivity contribution in [1.29, 1.82) is 0 Å². The van der Waals surface area contributed by atoms with E-state index in [4.69, 9.17) is 24.7 Å². The molecule has 1 aromatic rings. The van der Waals surface area contributed by atoms with Crippen molar-refractivity contribution in [1.82, 2.24) is 0 Å². The highest BCUT2D eigenvalue weighted by atomic mass is 16.6. The quantitative estimate of drug-likeness (QED) is 0.227. The third-order valence-electron chi connectivity index (χ3n) is 5.75. The highest BCUT2D eigenvalue weighted by Gasteiger charge is 2.38. The molecule has 0 aliphatic heterocycles. The summed E-state index contributed by atoms with van der Waals surface area (Å²) in [6.07, 6.45) is 4.74. The summed E-state index contributed by atoms with van der Waals surface area (Å²) in [4.78, 5) is 49.3. The zero-order valence-electron chi connectivity index (χ0n) is 22.9.